The van der Waals surface area contributed by atoms with Crippen LogP contribution in [0.4, 0.5) is 0 Å². The summed E-state index contributed by atoms with van der Waals surface area (Å²) in [6, 6.07) is 46.5. The number of hydrogen-bond acceptors (Lipinski definition) is 2. The van der Waals surface area contributed by atoms with Crippen LogP contribution < -0.4 is 0 Å². The maximum Gasteiger partial charge on any atom is 0.0163 e. The zero-order valence-electron chi connectivity index (χ0n) is 25.9. The summed E-state index contributed by atoms with van der Waals surface area (Å²) in [7, 11) is 0. The predicted octanol–water partition coefficient (Wildman–Crippen LogP) is 10.4. The van der Waals surface area contributed by atoms with Gasteiger partial charge in [-0.1, -0.05) is 113 Å². The first-order valence-electron chi connectivity index (χ1n) is 14.8. The molecule has 7 rings (SSSR count). The summed E-state index contributed by atoms with van der Waals surface area (Å²) >= 11 is 0. The second-order valence-electron chi connectivity index (χ2n) is 12.6. The molecule has 0 aliphatic heterocycles. The quantitative estimate of drug-likeness (QED) is 0.169. The summed E-state index contributed by atoms with van der Waals surface area (Å²) in [4.78, 5) is 9.05. The van der Waals surface area contributed by atoms with E-state index < -0.39 is 0 Å². The minimum atomic E-state index is -0.0173. The van der Waals surface area contributed by atoms with E-state index in [0.717, 1.165) is 22.5 Å². The third-order valence-electron chi connectivity index (χ3n) is 8.24. The molecule has 0 bridgehead atoms. The molecule has 1 radical (unpaired) electrons. The van der Waals surface area contributed by atoms with Crippen molar-refractivity contribution in [1.82, 2.24) is 9.97 Å². The Morgan fingerprint density at radius 3 is 2.07 bits per heavy atom. The van der Waals surface area contributed by atoms with Crippen molar-refractivity contribution >= 4 is 0 Å². The monoisotopic (exact) mass is 749 g/mol. The van der Waals surface area contributed by atoms with E-state index in [2.05, 4.69) is 142 Å². The van der Waals surface area contributed by atoms with Gasteiger partial charge in [0.1, 0.15) is 0 Å². The Balaban J connectivity index is 0.000000171. The SMILES string of the molecule is CC(C)(C)c1ccnc(-c2[c-]ccc(-c3ccccc3)c2)c1.CC1(C)c2ccccc2-c2cc[c-]c(-c3ccccn3)c21.[Ir]. The molecule has 0 saturated carbocycles. The standard InChI is InChI=1S/C21H20N.C20H16N.Ir/c1-21(2,3)19-12-13-22-20(15-19)18-11-7-10-17(14-18)16-8-5-4-6-9-16;1-20(2)17-11-4-3-8-14(17)15-9-7-10-16(19(15)20)18-12-5-6-13-21-18;/h4-10,12-15H,1-3H3;3-9,11-13H,1-2H3;/q2*-1;. The van der Waals surface area contributed by atoms with Crippen LogP contribution in [0.2, 0.25) is 0 Å². The van der Waals surface area contributed by atoms with E-state index >= 15 is 0 Å². The Kier molecular flexibility index (Phi) is 9.11. The molecule has 2 nitrogen and oxygen atoms in total. The molecule has 0 spiro atoms. The fraction of sp³-hybridized carbons (Fsp3) is 0.171. The number of benzene rings is 4. The maximum absolute atomic E-state index is 4.53. The van der Waals surface area contributed by atoms with Crippen LogP contribution in [0, 0.1) is 12.1 Å². The van der Waals surface area contributed by atoms with Gasteiger partial charge >= 0.3 is 0 Å². The third kappa shape index (κ3) is 6.22. The molecule has 2 heterocycles. The first-order chi connectivity index (χ1) is 20.7. The summed E-state index contributed by atoms with van der Waals surface area (Å²) in [6.07, 6.45) is 3.73. The van der Waals surface area contributed by atoms with Crippen molar-refractivity contribution in [1.29, 1.82) is 0 Å². The van der Waals surface area contributed by atoms with Crippen LogP contribution >= 0.6 is 0 Å². The predicted molar refractivity (Wildman–Crippen MR) is 179 cm³/mol. The van der Waals surface area contributed by atoms with E-state index in [-0.39, 0.29) is 30.9 Å². The fourth-order valence-electron chi connectivity index (χ4n) is 5.95. The minimum absolute atomic E-state index is 0. The largest absolute Gasteiger partial charge is 0.305 e. The summed E-state index contributed by atoms with van der Waals surface area (Å²) < 4.78 is 0. The van der Waals surface area contributed by atoms with Gasteiger partial charge in [-0.05, 0) is 56.6 Å². The number of nitrogens with zero attached hydrogens (tertiary/aromatic N) is 2. The zero-order valence-corrected chi connectivity index (χ0v) is 28.2. The smallest absolute Gasteiger partial charge is 0.0163 e. The van der Waals surface area contributed by atoms with Crippen molar-refractivity contribution in [2.24, 2.45) is 0 Å². The maximum atomic E-state index is 4.53. The Labute approximate surface area is 275 Å². The van der Waals surface area contributed by atoms with Gasteiger partial charge in [0, 0.05) is 32.5 Å². The van der Waals surface area contributed by atoms with Gasteiger partial charge < -0.3 is 9.97 Å². The number of hydrogen-bond donors (Lipinski definition) is 0. The van der Waals surface area contributed by atoms with Gasteiger partial charge in [-0.25, -0.2) is 0 Å². The average molecular weight is 749 g/mol. The fourth-order valence-corrected chi connectivity index (χ4v) is 5.95. The molecule has 2 aromatic heterocycles. The van der Waals surface area contributed by atoms with Crippen LogP contribution in [0.5, 0.6) is 0 Å². The number of pyridine rings is 2. The first kappa shape index (κ1) is 31.3. The van der Waals surface area contributed by atoms with Crippen molar-refractivity contribution in [3.63, 3.8) is 0 Å². The molecule has 44 heavy (non-hydrogen) atoms. The molecule has 0 amide bonds. The molecule has 221 valence electrons. The van der Waals surface area contributed by atoms with Gasteiger partial charge in [-0.2, -0.15) is 0 Å². The second-order valence-corrected chi connectivity index (χ2v) is 12.6. The molecule has 0 atom stereocenters. The normalized spacial score (nSPS) is 12.7. The van der Waals surface area contributed by atoms with Gasteiger partial charge in [0.25, 0.3) is 0 Å². The van der Waals surface area contributed by atoms with Crippen LogP contribution in [-0.4, -0.2) is 9.97 Å². The molecule has 0 saturated heterocycles. The topological polar surface area (TPSA) is 25.8 Å². The summed E-state index contributed by atoms with van der Waals surface area (Å²) in [6.45, 7) is 11.2. The average Bonchev–Trinajstić information content (AvgIpc) is 3.28. The zero-order chi connectivity index (χ0) is 30.0. The molecule has 3 heteroatoms. The van der Waals surface area contributed by atoms with Crippen LogP contribution in [0.15, 0.2) is 128 Å². The van der Waals surface area contributed by atoms with Crippen LogP contribution in [-0.2, 0) is 30.9 Å². The summed E-state index contributed by atoms with van der Waals surface area (Å²) in [5.41, 5.74) is 13.3. The van der Waals surface area contributed by atoms with Gasteiger partial charge in [0.05, 0.1) is 0 Å². The van der Waals surface area contributed by atoms with E-state index in [0.29, 0.717) is 0 Å². The molecule has 4 aromatic carbocycles. The van der Waals surface area contributed by atoms with Gasteiger partial charge in [0.2, 0.25) is 0 Å². The van der Waals surface area contributed by atoms with Crippen LogP contribution in [0.3, 0.4) is 0 Å². The summed E-state index contributed by atoms with van der Waals surface area (Å²) in [5.74, 6) is 0. The Morgan fingerprint density at radius 2 is 1.32 bits per heavy atom. The molecule has 0 N–H and O–H groups in total. The van der Waals surface area contributed by atoms with Crippen molar-refractivity contribution < 1.29 is 20.1 Å². The van der Waals surface area contributed by atoms with Crippen LogP contribution in [0.1, 0.15) is 51.3 Å². The number of rotatable bonds is 3. The van der Waals surface area contributed by atoms with E-state index in [4.69, 9.17) is 0 Å². The van der Waals surface area contributed by atoms with Gasteiger partial charge in [-0.3, -0.25) is 0 Å². The molecule has 6 aromatic rings. The first-order valence-corrected chi connectivity index (χ1v) is 14.8. The molecule has 0 unspecified atom stereocenters. The van der Waals surface area contributed by atoms with E-state index in [1.165, 1.54) is 38.9 Å². The molecule has 0 fully saturated rings. The second kappa shape index (κ2) is 12.8. The minimum Gasteiger partial charge on any atom is -0.305 e. The van der Waals surface area contributed by atoms with Crippen LogP contribution in [0.25, 0.3) is 44.8 Å². The third-order valence-corrected chi connectivity index (χ3v) is 8.24. The van der Waals surface area contributed by atoms with Gasteiger partial charge in [0.15, 0.2) is 0 Å². The Bertz CT molecular complexity index is 1870. The number of aromatic nitrogens is 2. The summed E-state index contributed by atoms with van der Waals surface area (Å²) in [5, 5.41) is 0. The molecular weight excluding hydrogens is 713 g/mol. The number of fused-ring (bicyclic) bond motifs is 3. The van der Waals surface area contributed by atoms with E-state index in [9.17, 15) is 0 Å². The molecule has 1 aliphatic carbocycles. The Hall–Kier alpha value is -4.17. The molecule has 1 aliphatic rings. The van der Waals surface area contributed by atoms with Crippen molar-refractivity contribution in [3.8, 4) is 44.8 Å². The van der Waals surface area contributed by atoms with E-state index in [1.54, 1.807) is 0 Å². The molecular formula is C41H36IrN2-2. The van der Waals surface area contributed by atoms with Gasteiger partial charge in [-0.15, -0.1) is 64.7 Å². The Morgan fingerprint density at radius 1 is 0.614 bits per heavy atom. The van der Waals surface area contributed by atoms with Crippen molar-refractivity contribution in [3.05, 3.63) is 156 Å². The van der Waals surface area contributed by atoms with Crippen molar-refractivity contribution in [2.45, 2.75) is 45.4 Å². The van der Waals surface area contributed by atoms with E-state index in [1.807, 2.05) is 42.7 Å². The van der Waals surface area contributed by atoms with Crippen molar-refractivity contribution in [2.75, 3.05) is 0 Å².